The number of allylic oxidation sites excluding steroid dienone is 2. The molecule has 0 saturated carbocycles. The van der Waals surface area contributed by atoms with E-state index in [2.05, 4.69) is 5.32 Å². The van der Waals surface area contributed by atoms with Crippen LogP contribution in [-0.2, 0) is 25.5 Å². The van der Waals surface area contributed by atoms with E-state index in [1.807, 2.05) is 0 Å². The van der Waals surface area contributed by atoms with E-state index in [9.17, 15) is 40.7 Å². The van der Waals surface area contributed by atoms with Crippen LogP contribution < -0.4 is 5.32 Å². The first-order valence-corrected chi connectivity index (χ1v) is 13.2. The van der Waals surface area contributed by atoms with Crippen molar-refractivity contribution in [3.05, 3.63) is 58.2 Å². The summed E-state index contributed by atoms with van der Waals surface area (Å²) < 4.78 is 93.6. The van der Waals surface area contributed by atoms with E-state index in [1.54, 1.807) is 27.7 Å². The number of methoxy groups -OCH3 is 1. The first-order chi connectivity index (χ1) is 19.4. The number of ether oxygens (including phenoxy) is 2. The number of alkyl halides is 3. The molecule has 0 aromatic heterocycles. The summed E-state index contributed by atoms with van der Waals surface area (Å²) in [5.74, 6) is -6.23. The van der Waals surface area contributed by atoms with Gasteiger partial charge in [-0.2, -0.15) is 13.2 Å². The van der Waals surface area contributed by atoms with Crippen molar-refractivity contribution < 1.29 is 50.2 Å². The number of carbonyl (C=O) groups excluding carboxylic acids is 3. The minimum atomic E-state index is -4.72. The zero-order valence-electron chi connectivity index (χ0n) is 23.8. The highest BCUT2D eigenvalue weighted by Gasteiger charge is 2.46. The Balaban J connectivity index is 1.90. The van der Waals surface area contributed by atoms with Gasteiger partial charge < -0.3 is 24.6 Å². The number of halogens is 6. The lowest BCUT2D eigenvalue weighted by molar-refractivity contribution is -0.139. The Morgan fingerprint density at radius 2 is 1.69 bits per heavy atom. The minimum absolute atomic E-state index is 0.00205. The molecule has 0 spiro atoms. The monoisotopic (exact) mass is 605 g/mol. The summed E-state index contributed by atoms with van der Waals surface area (Å²) >= 11 is 0. The molecule has 2 aliphatic rings. The first-order valence-electron chi connectivity index (χ1n) is 13.2. The summed E-state index contributed by atoms with van der Waals surface area (Å²) in [6, 6.07) is -0.210. The van der Waals surface area contributed by atoms with E-state index in [1.165, 1.54) is 4.90 Å². The zero-order valence-corrected chi connectivity index (χ0v) is 23.8. The van der Waals surface area contributed by atoms with Gasteiger partial charge in [0.05, 0.1) is 19.2 Å². The van der Waals surface area contributed by atoms with Crippen molar-refractivity contribution in [1.29, 1.82) is 0 Å². The molecule has 1 N–H and O–H groups in total. The molecule has 3 rings (SSSR count). The fourth-order valence-corrected chi connectivity index (χ4v) is 4.91. The quantitative estimate of drug-likeness (QED) is 0.268. The summed E-state index contributed by atoms with van der Waals surface area (Å²) in [5.41, 5.74) is -2.23. The molecular weight excluding hydrogens is 572 g/mol. The van der Waals surface area contributed by atoms with Crippen LogP contribution in [0.2, 0.25) is 0 Å². The van der Waals surface area contributed by atoms with Crippen LogP contribution in [0.25, 0.3) is 0 Å². The molecule has 2 heterocycles. The highest BCUT2D eigenvalue weighted by molar-refractivity contribution is 5.91. The Labute approximate surface area is 239 Å². The molecule has 1 aromatic rings. The van der Waals surface area contributed by atoms with Crippen molar-refractivity contribution in [2.24, 2.45) is 5.92 Å². The predicted octanol–water partition coefficient (Wildman–Crippen LogP) is 4.99. The Hall–Kier alpha value is -3.71. The summed E-state index contributed by atoms with van der Waals surface area (Å²) in [6.07, 6.45) is -5.45. The van der Waals surface area contributed by atoms with Crippen molar-refractivity contribution in [3.8, 4) is 0 Å². The first kappa shape index (κ1) is 32.8. The zero-order chi connectivity index (χ0) is 31.6. The number of alkyl carbamates (subject to hydrolysis) is 1. The van der Waals surface area contributed by atoms with Crippen molar-refractivity contribution >= 4 is 18.0 Å². The van der Waals surface area contributed by atoms with Crippen molar-refractivity contribution in [2.75, 3.05) is 26.7 Å². The molecule has 2 atom stereocenters. The third-order valence-corrected chi connectivity index (χ3v) is 6.78. The number of hydrogen-bond acceptors (Lipinski definition) is 6. The predicted molar refractivity (Wildman–Crippen MR) is 138 cm³/mol. The van der Waals surface area contributed by atoms with E-state index >= 15 is 0 Å². The summed E-state index contributed by atoms with van der Waals surface area (Å²) in [4.78, 5) is 40.7. The van der Waals surface area contributed by atoms with E-state index in [4.69, 9.17) is 9.47 Å². The average molecular weight is 606 g/mol. The molecule has 1 unspecified atom stereocenters. The molecule has 8 nitrogen and oxygen atoms in total. The lowest BCUT2D eigenvalue weighted by atomic mass is 9.88. The Bertz CT molecular complexity index is 1290. The maximum Gasteiger partial charge on any atom is 0.431 e. The van der Waals surface area contributed by atoms with Gasteiger partial charge in [0.1, 0.15) is 17.1 Å². The van der Waals surface area contributed by atoms with Crippen LogP contribution in [0.5, 0.6) is 0 Å². The molecule has 2 amide bonds. The van der Waals surface area contributed by atoms with Gasteiger partial charge >= 0.3 is 18.2 Å². The molecular formula is C28H33F6N3O5. The topological polar surface area (TPSA) is 88.2 Å². The molecule has 232 valence electrons. The van der Waals surface area contributed by atoms with E-state index < -0.39 is 77.7 Å². The highest BCUT2D eigenvalue weighted by Crippen LogP contribution is 2.41. The van der Waals surface area contributed by atoms with Crippen LogP contribution >= 0.6 is 0 Å². The second-order valence-electron chi connectivity index (χ2n) is 11.0. The van der Waals surface area contributed by atoms with E-state index in [0.717, 1.165) is 18.1 Å². The molecule has 2 aliphatic heterocycles. The second kappa shape index (κ2) is 12.7. The van der Waals surface area contributed by atoms with Gasteiger partial charge in [-0.3, -0.25) is 4.79 Å². The van der Waals surface area contributed by atoms with Gasteiger partial charge in [0, 0.05) is 43.2 Å². The number of esters is 1. The number of fused-ring (bicyclic) bond motifs is 1. The van der Waals surface area contributed by atoms with Gasteiger partial charge in [0.15, 0.2) is 11.6 Å². The van der Waals surface area contributed by atoms with Gasteiger partial charge in [0.25, 0.3) is 0 Å². The van der Waals surface area contributed by atoms with Crippen LogP contribution in [0.4, 0.5) is 31.1 Å². The number of piperazine rings is 1. The number of rotatable bonds is 7. The number of nitrogens with zero attached hydrogens (tertiary/aromatic N) is 2. The SMILES string of the molecule is CCC1C=C(C(F)(F)F)N2CCN(C(=O)C[C@@H](Cc3cc(F)c(F)cc3F)NC(=O)OC(C)(C)C)CC2=C1C(=O)OC. The normalized spacial score (nSPS) is 18.3. The number of hydrogen-bond donors (Lipinski definition) is 1. The molecule has 0 bridgehead atoms. The average Bonchev–Trinajstić information content (AvgIpc) is 2.88. The maximum atomic E-state index is 14.4. The third kappa shape index (κ3) is 7.77. The number of benzene rings is 1. The van der Waals surface area contributed by atoms with Crippen LogP contribution in [0.1, 0.15) is 46.1 Å². The van der Waals surface area contributed by atoms with Crippen molar-refractivity contribution in [2.45, 2.75) is 64.8 Å². The summed E-state index contributed by atoms with van der Waals surface area (Å²) in [7, 11) is 1.10. The lowest BCUT2D eigenvalue weighted by Crippen LogP contribution is -2.52. The number of amides is 2. The van der Waals surface area contributed by atoms with Crippen LogP contribution in [0.15, 0.2) is 35.2 Å². The Kier molecular flexibility index (Phi) is 9.88. The van der Waals surface area contributed by atoms with Crippen molar-refractivity contribution in [3.63, 3.8) is 0 Å². The van der Waals surface area contributed by atoms with Gasteiger partial charge in [-0.1, -0.05) is 6.92 Å². The smallest absolute Gasteiger partial charge is 0.431 e. The molecule has 0 aliphatic carbocycles. The standard InChI is InChI=1S/C28H33F6N3O5/c1-6-15-11-22(28(32,33)34)37-8-7-36(14-21(37)24(15)25(39)41-5)23(38)12-17(35-26(40)42-27(2,3)4)9-16-10-19(30)20(31)13-18(16)29/h10-11,13,15,17H,6-9,12,14H2,1-5H3,(H,35,40)/t15?,17-/m1/s1. The third-order valence-electron chi connectivity index (χ3n) is 6.78. The molecule has 1 fully saturated rings. The fraction of sp³-hybridized carbons (Fsp3) is 0.536. The maximum absolute atomic E-state index is 14.4. The largest absolute Gasteiger partial charge is 0.466 e. The molecule has 14 heteroatoms. The van der Waals surface area contributed by atoms with Gasteiger partial charge in [-0.05, 0) is 51.3 Å². The summed E-state index contributed by atoms with van der Waals surface area (Å²) in [5, 5.41) is 2.44. The lowest BCUT2D eigenvalue weighted by Gasteiger charge is -2.44. The molecule has 42 heavy (non-hydrogen) atoms. The fourth-order valence-electron chi connectivity index (χ4n) is 4.91. The van der Waals surface area contributed by atoms with E-state index in [0.29, 0.717) is 12.1 Å². The van der Waals surface area contributed by atoms with E-state index in [-0.39, 0.29) is 42.9 Å². The van der Waals surface area contributed by atoms with Crippen LogP contribution in [0.3, 0.4) is 0 Å². The number of carbonyl (C=O) groups is 3. The van der Waals surface area contributed by atoms with Gasteiger partial charge in [0.2, 0.25) is 5.91 Å². The molecule has 0 radical (unpaired) electrons. The summed E-state index contributed by atoms with van der Waals surface area (Å²) in [6.45, 7) is 5.56. The number of nitrogens with one attached hydrogen (secondary N) is 1. The van der Waals surface area contributed by atoms with Crippen LogP contribution in [-0.4, -0.2) is 72.3 Å². The van der Waals surface area contributed by atoms with Gasteiger partial charge in [-0.15, -0.1) is 0 Å². The van der Waals surface area contributed by atoms with Crippen molar-refractivity contribution in [1.82, 2.24) is 15.1 Å². The highest BCUT2D eigenvalue weighted by atomic mass is 19.4. The minimum Gasteiger partial charge on any atom is -0.466 e. The second-order valence-corrected chi connectivity index (χ2v) is 11.0. The molecule has 1 aromatic carbocycles. The van der Waals surface area contributed by atoms with Gasteiger partial charge in [-0.25, -0.2) is 22.8 Å². The Morgan fingerprint density at radius 3 is 2.26 bits per heavy atom. The molecule has 1 saturated heterocycles. The van der Waals surface area contributed by atoms with Crippen LogP contribution in [0, 0.1) is 23.4 Å². The Morgan fingerprint density at radius 1 is 1.05 bits per heavy atom.